The Morgan fingerprint density at radius 2 is 2.00 bits per heavy atom. The van der Waals surface area contributed by atoms with E-state index in [0.717, 1.165) is 29.9 Å². The van der Waals surface area contributed by atoms with Crippen LogP contribution in [0.2, 0.25) is 0 Å². The molecular formula is C21H23N3O2. The highest BCUT2D eigenvalue weighted by molar-refractivity contribution is 5.83. The topological polar surface area (TPSA) is 58.4 Å². The third kappa shape index (κ3) is 3.43. The molecule has 0 aliphatic heterocycles. The molecule has 2 aromatic carbocycles. The molecule has 1 aliphatic carbocycles. The van der Waals surface area contributed by atoms with Crippen LogP contribution in [0.25, 0.3) is 10.8 Å². The summed E-state index contributed by atoms with van der Waals surface area (Å²) < 4.78 is 5.06. The van der Waals surface area contributed by atoms with Gasteiger partial charge in [0.1, 0.15) is 11.5 Å². The Hall–Kier alpha value is -2.82. The first-order valence-electron chi connectivity index (χ1n) is 9.09. The molecule has 0 bridgehead atoms. The van der Waals surface area contributed by atoms with Gasteiger partial charge in [-0.1, -0.05) is 41.6 Å². The van der Waals surface area contributed by atoms with E-state index in [9.17, 15) is 4.79 Å². The Kier molecular flexibility index (Phi) is 4.37. The number of nitrogens with one attached hydrogen (secondary N) is 1. The van der Waals surface area contributed by atoms with Crippen molar-refractivity contribution >= 4 is 16.8 Å². The quantitative estimate of drug-likeness (QED) is 0.734. The summed E-state index contributed by atoms with van der Waals surface area (Å²) in [6.07, 6.45) is 2.13. The van der Waals surface area contributed by atoms with Gasteiger partial charge in [-0.25, -0.2) is 4.79 Å². The maximum absolute atomic E-state index is 12.8. The second kappa shape index (κ2) is 6.83. The van der Waals surface area contributed by atoms with Crippen LogP contribution in [0.4, 0.5) is 4.79 Å². The Labute approximate surface area is 153 Å². The van der Waals surface area contributed by atoms with Crippen LogP contribution in [0.15, 0.2) is 53.1 Å². The van der Waals surface area contributed by atoms with Crippen molar-refractivity contribution in [3.05, 3.63) is 65.5 Å². The molecule has 134 valence electrons. The molecule has 1 atom stereocenters. The summed E-state index contributed by atoms with van der Waals surface area (Å²) in [4.78, 5) is 14.8. The molecule has 3 aromatic rings. The highest BCUT2D eigenvalue weighted by Crippen LogP contribution is 2.35. The molecule has 1 saturated carbocycles. The molecule has 5 nitrogen and oxygen atoms in total. The van der Waals surface area contributed by atoms with Crippen molar-refractivity contribution in [3.63, 3.8) is 0 Å². The number of hydrogen-bond donors (Lipinski definition) is 1. The SMILES string of the molecule is Cc1cc(CNC(=O)N(C2CC2)[C@H](C)c2ccc3ccccc3c2)no1. The third-order valence-electron chi connectivity index (χ3n) is 4.95. The first-order valence-corrected chi connectivity index (χ1v) is 9.09. The zero-order valence-electron chi connectivity index (χ0n) is 15.1. The van der Waals surface area contributed by atoms with E-state index in [1.54, 1.807) is 0 Å². The summed E-state index contributed by atoms with van der Waals surface area (Å²) in [5.41, 5.74) is 1.90. The number of rotatable bonds is 5. The molecule has 4 rings (SSSR count). The van der Waals surface area contributed by atoms with Crippen LogP contribution < -0.4 is 5.32 Å². The summed E-state index contributed by atoms with van der Waals surface area (Å²) >= 11 is 0. The van der Waals surface area contributed by atoms with Gasteiger partial charge in [0.05, 0.1) is 12.6 Å². The molecule has 1 aliphatic rings. The number of aromatic nitrogens is 1. The largest absolute Gasteiger partial charge is 0.361 e. The molecule has 1 fully saturated rings. The van der Waals surface area contributed by atoms with E-state index in [1.165, 1.54) is 10.8 Å². The first kappa shape index (κ1) is 16.6. The molecule has 26 heavy (non-hydrogen) atoms. The standard InChI is InChI=1S/C21H23N3O2/c1-14-11-19(23-26-14)13-22-21(25)24(20-9-10-20)15(2)17-8-7-16-5-3-4-6-18(16)12-17/h3-8,11-12,15,20H,9-10,13H2,1-2H3,(H,22,25)/t15-/m1/s1. The second-order valence-electron chi connectivity index (χ2n) is 7.01. The van der Waals surface area contributed by atoms with Crippen LogP contribution in [0, 0.1) is 6.92 Å². The average Bonchev–Trinajstić information content (AvgIpc) is 3.40. The van der Waals surface area contributed by atoms with E-state index < -0.39 is 0 Å². The predicted octanol–water partition coefficient (Wildman–Crippen LogP) is 4.57. The van der Waals surface area contributed by atoms with Crippen LogP contribution in [-0.2, 0) is 6.54 Å². The van der Waals surface area contributed by atoms with Gasteiger partial charge in [-0.05, 0) is 49.1 Å². The van der Waals surface area contributed by atoms with Gasteiger partial charge in [-0.15, -0.1) is 0 Å². The first-order chi connectivity index (χ1) is 12.6. The summed E-state index contributed by atoms with van der Waals surface area (Å²) in [5.74, 6) is 0.748. The van der Waals surface area contributed by atoms with Gasteiger partial charge in [0, 0.05) is 12.1 Å². The van der Waals surface area contributed by atoms with Crippen LogP contribution >= 0.6 is 0 Å². The zero-order chi connectivity index (χ0) is 18.1. The summed E-state index contributed by atoms with van der Waals surface area (Å²) in [6, 6.07) is 16.9. The Morgan fingerprint density at radius 1 is 1.23 bits per heavy atom. The van der Waals surface area contributed by atoms with Crippen molar-refractivity contribution in [1.29, 1.82) is 0 Å². The minimum absolute atomic E-state index is 0.0196. The maximum atomic E-state index is 12.8. The normalized spacial score (nSPS) is 15.0. The lowest BCUT2D eigenvalue weighted by molar-refractivity contribution is 0.174. The fourth-order valence-corrected chi connectivity index (χ4v) is 3.40. The lowest BCUT2D eigenvalue weighted by Crippen LogP contribution is -2.42. The minimum atomic E-state index is -0.0474. The minimum Gasteiger partial charge on any atom is -0.361 e. The van der Waals surface area contributed by atoms with Crippen molar-refractivity contribution in [1.82, 2.24) is 15.4 Å². The lowest BCUT2D eigenvalue weighted by atomic mass is 10.0. The average molecular weight is 349 g/mol. The number of carbonyl (C=O) groups is 1. The molecule has 0 spiro atoms. The van der Waals surface area contributed by atoms with E-state index in [1.807, 2.05) is 30.0 Å². The van der Waals surface area contributed by atoms with Gasteiger partial charge in [0.25, 0.3) is 0 Å². The van der Waals surface area contributed by atoms with E-state index >= 15 is 0 Å². The number of aryl methyl sites for hydroxylation is 1. The Bertz CT molecular complexity index is 930. The van der Waals surface area contributed by atoms with Gasteiger partial charge in [-0.2, -0.15) is 0 Å². The van der Waals surface area contributed by atoms with E-state index in [4.69, 9.17) is 4.52 Å². The van der Waals surface area contributed by atoms with Gasteiger partial charge in [0.2, 0.25) is 0 Å². The zero-order valence-corrected chi connectivity index (χ0v) is 15.1. The number of hydrogen-bond acceptors (Lipinski definition) is 3. The van der Waals surface area contributed by atoms with Crippen LogP contribution in [0.5, 0.6) is 0 Å². The number of fused-ring (bicyclic) bond motifs is 1. The predicted molar refractivity (Wildman–Crippen MR) is 101 cm³/mol. The number of carbonyl (C=O) groups excluding carboxylic acids is 1. The lowest BCUT2D eigenvalue weighted by Gasteiger charge is -2.30. The molecule has 1 aromatic heterocycles. The summed E-state index contributed by atoms with van der Waals surface area (Å²) in [7, 11) is 0. The van der Waals surface area contributed by atoms with Crippen molar-refractivity contribution in [2.24, 2.45) is 0 Å². The number of urea groups is 1. The number of amides is 2. The summed E-state index contributed by atoms with van der Waals surface area (Å²) in [5, 5.41) is 9.34. The monoisotopic (exact) mass is 349 g/mol. The number of nitrogens with zero attached hydrogens (tertiary/aromatic N) is 2. The molecular weight excluding hydrogens is 326 g/mol. The van der Waals surface area contributed by atoms with E-state index in [0.29, 0.717) is 12.6 Å². The molecule has 0 unspecified atom stereocenters. The molecule has 2 amide bonds. The third-order valence-corrected chi connectivity index (χ3v) is 4.95. The van der Waals surface area contributed by atoms with E-state index in [2.05, 4.69) is 47.7 Å². The van der Waals surface area contributed by atoms with Crippen molar-refractivity contribution in [2.45, 2.75) is 45.3 Å². The second-order valence-corrected chi connectivity index (χ2v) is 7.01. The van der Waals surface area contributed by atoms with Crippen LogP contribution in [0.1, 0.15) is 42.8 Å². The van der Waals surface area contributed by atoms with Crippen molar-refractivity contribution < 1.29 is 9.32 Å². The molecule has 0 radical (unpaired) electrons. The maximum Gasteiger partial charge on any atom is 0.318 e. The van der Waals surface area contributed by atoms with Crippen LogP contribution in [0.3, 0.4) is 0 Å². The van der Waals surface area contributed by atoms with Crippen molar-refractivity contribution in [2.75, 3.05) is 0 Å². The van der Waals surface area contributed by atoms with Gasteiger partial charge in [0.15, 0.2) is 0 Å². The Morgan fingerprint density at radius 3 is 2.69 bits per heavy atom. The smallest absolute Gasteiger partial charge is 0.318 e. The molecule has 1 N–H and O–H groups in total. The molecule has 0 saturated heterocycles. The van der Waals surface area contributed by atoms with Crippen molar-refractivity contribution in [3.8, 4) is 0 Å². The van der Waals surface area contributed by atoms with Gasteiger partial charge in [-0.3, -0.25) is 0 Å². The highest BCUT2D eigenvalue weighted by Gasteiger charge is 2.36. The molecule has 5 heteroatoms. The van der Waals surface area contributed by atoms with Gasteiger partial charge < -0.3 is 14.7 Å². The van der Waals surface area contributed by atoms with E-state index in [-0.39, 0.29) is 12.1 Å². The number of benzene rings is 2. The van der Waals surface area contributed by atoms with Crippen LogP contribution in [-0.4, -0.2) is 22.1 Å². The Balaban J connectivity index is 1.51. The fraction of sp³-hybridized carbons (Fsp3) is 0.333. The fourth-order valence-electron chi connectivity index (χ4n) is 3.40. The molecule has 1 heterocycles. The van der Waals surface area contributed by atoms with Gasteiger partial charge >= 0.3 is 6.03 Å². The summed E-state index contributed by atoms with van der Waals surface area (Å²) in [6.45, 7) is 4.32. The highest BCUT2D eigenvalue weighted by atomic mass is 16.5.